The Balaban J connectivity index is 0.000000847. The van der Waals surface area contributed by atoms with E-state index in [1.165, 1.54) is 33.4 Å². The molecule has 0 nitrogen and oxygen atoms in total. The van der Waals surface area contributed by atoms with Gasteiger partial charge in [-0.25, -0.2) is 0 Å². The maximum Gasteiger partial charge on any atom is -0.00133 e. The normalized spacial score (nSPS) is 18.9. The molecule has 0 bridgehead atoms. The van der Waals surface area contributed by atoms with Crippen molar-refractivity contribution in [1.82, 2.24) is 0 Å². The van der Waals surface area contributed by atoms with Crippen LogP contribution in [0.3, 0.4) is 0 Å². The van der Waals surface area contributed by atoms with Crippen molar-refractivity contribution in [2.75, 3.05) is 0 Å². The molecular formula is C22H28. The molecule has 1 aromatic carbocycles. The molecule has 0 N–H and O–H groups in total. The minimum Gasteiger partial charge on any atom is -0.0842 e. The number of aryl methyl sites for hydroxylation is 1. The molecule has 0 saturated heterocycles. The second-order valence-corrected chi connectivity index (χ2v) is 5.83. The minimum atomic E-state index is 0.531. The predicted octanol–water partition coefficient (Wildman–Crippen LogP) is 6.52. The standard InChI is InChI=1S/C20H22.C2H6/c1-4-5-6-18-15(3)9-11-17-13-16-10-7-14(2)8-12-19(16)20(17)18;1-2/h5-12,14H,4,13H2,1-3H3;1-2H3/b6-5-;. The van der Waals surface area contributed by atoms with Crippen LogP contribution in [0.4, 0.5) is 0 Å². The Hall–Kier alpha value is -1.82. The van der Waals surface area contributed by atoms with E-state index < -0.39 is 0 Å². The van der Waals surface area contributed by atoms with Gasteiger partial charge in [0.05, 0.1) is 0 Å². The number of hydrogen-bond acceptors (Lipinski definition) is 0. The molecule has 22 heavy (non-hydrogen) atoms. The van der Waals surface area contributed by atoms with Gasteiger partial charge in [0.25, 0.3) is 0 Å². The van der Waals surface area contributed by atoms with Crippen molar-refractivity contribution >= 4 is 11.6 Å². The van der Waals surface area contributed by atoms with E-state index in [4.69, 9.17) is 0 Å². The minimum absolute atomic E-state index is 0.531. The lowest BCUT2D eigenvalue weighted by atomic mass is 9.93. The lowest BCUT2D eigenvalue weighted by Gasteiger charge is -2.11. The molecule has 0 aromatic heterocycles. The van der Waals surface area contributed by atoms with Crippen molar-refractivity contribution in [3.63, 3.8) is 0 Å². The molecule has 116 valence electrons. The highest BCUT2D eigenvalue weighted by Gasteiger charge is 2.22. The van der Waals surface area contributed by atoms with Crippen LogP contribution in [0, 0.1) is 12.8 Å². The molecule has 0 aliphatic heterocycles. The molecule has 1 unspecified atom stereocenters. The second-order valence-electron chi connectivity index (χ2n) is 5.83. The third kappa shape index (κ3) is 3.16. The van der Waals surface area contributed by atoms with E-state index in [1.807, 2.05) is 13.8 Å². The molecule has 0 radical (unpaired) electrons. The van der Waals surface area contributed by atoms with Crippen LogP contribution in [-0.4, -0.2) is 0 Å². The van der Waals surface area contributed by atoms with Gasteiger partial charge in [-0.05, 0) is 59.1 Å². The first kappa shape index (κ1) is 16.5. The highest BCUT2D eigenvalue weighted by atomic mass is 14.3. The summed E-state index contributed by atoms with van der Waals surface area (Å²) < 4.78 is 0. The van der Waals surface area contributed by atoms with E-state index in [1.54, 1.807) is 0 Å². The molecule has 0 heteroatoms. The van der Waals surface area contributed by atoms with E-state index in [-0.39, 0.29) is 0 Å². The van der Waals surface area contributed by atoms with E-state index >= 15 is 0 Å². The third-order valence-electron chi connectivity index (χ3n) is 4.23. The van der Waals surface area contributed by atoms with Gasteiger partial charge >= 0.3 is 0 Å². The summed E-state index contributed by atoms with van der Waals surface area (Å²) in [6.07, 6.45) is 16.0. The summed E-state index contributed by atoms with van der Waals surface area (Å²) in [7, 11) is 0. The van der Waals surface area contributed by atoms with Crippen molar-refractivity contribution in [2.45, 2.75) is 47.5 Å². The average Bonchev–Trinajstić information content (AvgIpc) is 2.79. The summed E-state index contributed by atoms with van der Waals surface area (Å²) in [5, 5.41) is 0. The monoisotopic (exact) mass is 292 g/mol. The van der Waals surface area contributed by atoms with E-state index in [0.29, 0.717) is 5.92 Å². The summed E-state index contributed by atoms with van der Waals surface area (Å²) in [4.78, 5) is 0. The van der Waals surface area contributed by atoms with Crippen LogP contribution in [0.1, 0.15) is 56.4 Å². The van der Waals surface area contributed by atoms with Gasteiger partial charge in [0.15, 0.2) is 0 Å². The maximum atomic E-state index is 2.33. The molecule has 3 rings (SSSR count). The molecule has 2 aliphatic carbocycles. The fourth-order valence-corrected chi connectivity index (χ4v) is 3.06. The van der Waals surface area contributed by atoms with E-state index in [9.17, 15) is 0 Å². The van der Waals surface area contributed by atoms with Crippen molar-refractivity contribution in [3.8, 4) is 0 Å². The van der Waals surface area contributed by atoms with Crippen LogP contribution < -0.4 is 0 Å². The Labute approximate surface area is 136 Å². The molecule has 0 spiro atoms. The zero-order valence-corrected chi connectivity index (χ0v) is 14.6. The van der Waals surface area contributed by atoms with Gasteiger partial charge in [0.1, 0.15) is 0 Å². The summed E-state index contributed by atoms with van der Waals surface area (Å²) in [6, 6.07) is 4.56. The number of allylic oxidation sites excluding steroid dienone is 7. The molecule has 0 saturated carbocycles. The molecule has 0 heterocycles. The lowest BCUT2D eigenvalue weighted by Crippen LogP contribution is -1.93. The summed E-state index contributed by atoms with van der Waals surface area (Å²) in [5.74, 6) is 0.531. The van der Waals surface area contributed by atoms with Crippen LogP contribution in [0.2, 0.25) is 0 Å². The topological polar surface area (TPSA) is 0 Å². The second kappa shape index (κ2) is 7.45. The molecule has 2 aliphatic rings. The summed E-state index contributed by atoms with van der Waals surface area (Å²) >= 11 is 0. The largest absolute Gasteiger partial charge is 0.0842 e. The van der Waals surface area contributed by atoms with E-state index in [0.717, 1.165) is 12.8 Å². The Bertz CT molecular complexity index is 651. The molecule has 1 aromatic rings. The van der Waals surface area contributed by atoms with Crippen molar-refractivity contribution < 1.29 is 0 Å². The first-order chi connectivity index (χ1) is 10.7. The number of rotatable bonds is 2. The predicted molar refractivity (Wildman–Crippen MR) is 99.9 cm³/mol. The highest BCUT2D eigenvalue weighted by molar-refractivity contribution is 5.90. The Morgan fingerprint density at radius 1 is 1.14 bits per heavy atom. The van der Waals surface area contributed by atoms with Crippen LogP contribution >= 0.6 is 0 Å². The number of benzene rings is 1. The average molecular weight is 292 g/mol. The van der Waals surface area contributed by atoms with Gasteiger partial charge in [-0.15, -0.1) is 0 Å². The van der Waals surface area contributed by atoms with Crippen LogP contribution in [0.5, 0.6) is 0 Å². The fraction of sp³-hybridized carbons (Fsp3) is 0.364. The number of hydrogen-bond donors (Lipinski definition) is 0. The molecule has 0 amide bonds. The van der Waals surface area contributed by atoms with Gasteiger partial charge < -0.3 is 0 Å². The maximum absolute atomic E-state index is 2.33. The van der Waals surface area contributed by atoms with Crippen molar-refractivity contribution in [2.24, 2.45) is 5.92 Å². The van der Waals surface area contributed by atoms with Gasteiger partial charge in [0, 0.05) is 0 Å². The Kier molecular flexibility index (Phi) is 5.60. The Morgan fingerprint density at radius 3 is 2.59 bits per heavy atom. The number of fused-ring (bicyclic) bond motifs is 2. The SMILES string of the molecule is CC.CC/C=C\c1c(C)ccc2c1C1=C(C=CC(C)C=C1)C2. The molecule has 1 atom stereocenters. The van der Waals surface area contributed by atoms with Crippen molar-refractivity contribution in [1.29, 1.82) is 0 Å². The zero-order valence-electron chi connectivity index (χ0n) is 14.6. The van der Waals surface area contributed by atoms with Crippen molar-refractivity contribution in [3.05, 3.63) is 70.3 Å². The van der Waals surface area contributed by atoms with Gasteiger partial charge in [-0.3, -0.25) is 0 Å². The zero-order chi connectivity index (χ0) is 16.1. The van der Waals surface area contributed by atoms with E-state index in [2.05, 4.69) is 69.4 Å². The summed E-state index contributed by atoms with van der Waals surface area (Å²) in [6.45, 7) is 10.6. The molecule has 0 fully saturated rings. The highest BCUT2D eigenvalue weighted by Crippen LogP contribution is 2.40. The van der Waals surface area contributed by atoms with Crippen LogP contribution in [0.25, 0.3) is 11.6 Å². The Morgan fingerprint density at radius 2 is 1.86 bits per heavy atom. The van der Waals surface area contributed by atoms with Gasteiger partial charge in [-0.1, -0.05) is 76.3 Å². The van der Waals surface area contributed by atoms with Crippen LogP contribution in [-0.2, 0) is 6.42 Å². The molecular weight excluding hydrogens is 264 g/mol. The first-order valence-corrected chi connectivity index (χ1v) is 8.59. The quantitative estimate of drug-likeness (QED) is 0.582. The third-order valence-corrected chi connectivity index (χ3v) is 4.23. The smallest absolute Gasteiger partial charge is 0.00133 e. The fourth-order valence-electron chi connectivity index (χ4n) is 3.06. The lowest BCUT2D eigenvalue weighted by molar-refractivity contribution is 0.940. The van der Waals surface area contributed by atoms with Gasteiger partial charge in [0.2, 0.25) is 0 Å². The first-order valence-electron chi connectivity index (χ1n) is 8.59. The van der Waals surface area contributed by atoms with Crippen LogP contribution in [0.15, 0.2) is 48.1 Å². The van der Waals surface area contributed by atoms with Gasteiger partial charge in [-0.2, -0.15) is 0 Å². The summed E-state index contributed by atoms with van der Waals surface area (Å²) in [5.41, 5.74) is 8.61.